The molecule has 4 nitrogen and oxygen atoms in total. The Morgan fingerprint density at radius 1 is 1.00 bits per heavy atom. The van der Waals surface area contributed by atoms with Gasteiger partial charge in [0.15, 0.2) is 0 Å². The molecule has 0 aliphatic carbocycles. The number of benzene rings is 2. The van der Waals surface area contributed by atoms with Crippen molar-refractivity contribution in [1.82, 2.24) is 10.6 Å². The quantitative estimate of drug-likeness (QED) is 0.860. The zero-order valence-electron chi connectivity index (χ0n) is 12.9. The first-order valence-electron chi connectivity index (χ1n) is 7.41. The zero-order valence-corrected chi connectivity index (χ0v) is 12.9. The van der Waals surface area contributed by atoms with E-state index in [1.807, 2.05) is 37.3 Å². The lowest BCUT2D eigenvalue weighted by molar-refractivity contribution is -0.120. The Morgan fingerprint density at radius 2 is 1.65 bits per heavy atom. The first kappa shape index (κ1) is 16.7. The molecule has 0 saturated carbocycles. The molecule has 2 rings (SSSR count). The molecule has 0 fully saturated rings. The summed E-state index contributed by atoms with van der Waals surface area (Å²) in [6.45, 7) is 2.40. The fourth-order valence-corrected chi connectivity index (χ4v) is 2.09. The van der Waals surface area contributed by atoms with Crippen LogP contribution in [0.3, 0.4) is 0 Å². The van der Waals surface area contributed by atoms with Gasteiger partial charge in [-0.05, 0) is 35.7 Å². The number of hydrogen-bond donors (Lipinski definition) is 2. The summed E-state index contributed by atoms with van der Waals surface area (Å²) in [5, 5.41) is 5.29. The molecule has 2 N–H and O–H groups in total. The minimum absolute atomic E-state index is 0.113. The fourth-order valence-electron chi connectivity index (χ4n) is 2.09. The molecule has 0 saturated heterocycles. The van der Waals surface area contributed by atoms with E-state index >= 15 is 0 Å². The SMILES string of the molecule is CC(CNC(=O)CNC(=O)c1ccc(F)cc1)c1ccccc1. The van der Waals surface area contributed by atoms with Crippen LogP contribution < -0.4 is 10.6 Å². The van der Waals surface area contributed by atoms with E-state index in [1.165, 1.54) is 24.3 Å². The molecule has 1 atom stereocenters. The molecule has 120 valence electrons. The van der Waals surface area contributed by atoms with Gasteiger partial charge in [0.2, 0.25) is 5.91 Å². The van der Waals surface area contributed by atoms with Crippen molar-refractivity contribution in [3.63, 3.8) is 0 Å². The van der Waals surface area contributed by atoms with Gasteiger partial charge in [-0.2, -0.15) is 0 Å². The molecular weight excluding hydrogens is 295 g/mol. The van der Waals surface area contributed by atoms with Crippen LogP contribution >= 0.6 is 0 Å². The van der Waals surface area contributed by atoms with Crippen LogP contribution in [-0.2, 0) is 4.79 Å². The number of carbonyl (C=O) groups is 2. The third-order valence-corrected chi connectivity index (χ3v) is 3.49. The average Bonchev–Trinajstić information content (AvgIpc) is 2.59. The highest BCUT2D eigenvalue weighted by Gasteiger charge is 2.10. The van der Waals surface area contributed by atoms with Gasteiger partial charge < -0.3 is 10.6 Å². The summed E-state index contributed by atoms with van der Waals surface area (Å²) < 4.78 is 12.8. The van der Waals surface area contributed by atoms with Gasteiger partial charge in [-0.15, -0.1) is 0 Å². The normalized spacial score (nSPS) is 11.6. The van der Waals surface area contributed by atoms with E-state index in [1.54, 1.807) is 0 Å². The lowest BCUT2D eigenvalue weighted by atomic mass is 10.0. The van der Waals surface area contributed by atoms with Gasteiger partial charge in [-0.3, -0.25) is 9.59 Å². The zero-order chi connectivity index (χ0) is 16.7. The van der Waals surface area contributed by atoms with Crippen molar-refractivity contribution in [2.45, 2.75) is 12.8 Å². The maximum atomic E-state index is 12.8. The van der Waals surface area contributed by atoms with Gasteiger partial charge in [-0.25, -0.2) is 4.39 Å². The summed E-state index contributed by atoms with van der Waals surface area (Å²) in [6.07, 6.45) is 0. The van der Waals surface area contributed by atoms with E-state index < -0.39 is 11.7 Å². The van der Waals surface area contributed by atoms with Crippen molar-refractivity contribution >= 4 is 11.8 Å². The lowest BCUT2D eigenvalue weighted by Gasteiger charge is -2.13. The minimum atomic E-state index is -0.408. The molecule has 0 aliphatic heterocycles. The van der Waals surface area contributed by atoms with Crippen LogP contribution in [0.4, 0.5) is 4.39 Å². The second-order valence-corrected chi connectivity index (χ2v) is 5.31. The van der Waals surface area contributed by atoms with E-state index in [4.69, 9.17) is 0 Å². The van der Waals surface area contributed by atoms with Gasteiger partial charge in [0.25, 0.3) is 5.91 Å². The van der Waals surface area contributed by atoms with E-state index in [0.717, 1.165) is 5.56 Å². The minimum Gasteiger partial charge on any atom is -0.354 e. The summed E-state index contributed by atoms with van der Waals surface area (Å²) in [5.41, 5.74) is 1.46. The van der Waals surface area contributed by atoms with Crippen molar-refractivity contribution < 1.29 is 14.0 Å². The number of rotatable bonds is 6. The van der Waals surface area contributed by atoms with Gasteiger partial charge in [0.1, 0.15) is 5.82 Å². The highest BCUT2D eigenvalue weighted by atomic mass is 19.1. The molecule has 0 bridgehead atoms. The Kier molecular flexibility index (Phi) is 5.86. The fraction of sp³-hybridized carbons (Fsp3) is 0.222. The number of halogens is 1. The number of amides is 2. The van der Waals surface area contributed by atoms with Gasteiger partial charge in [0.05, 0.1) is 6.54 Å². The monoisotopic (exact) mass is 314 g/mol. The molecule has 2 aromatic rings. The standard InChI is InChI=1S/C18H19FN2O2/c1-13(14-5-3-2-4-6-14)11-20-17(22)12-21-18(23)15-7-9-16(19)10-8-15/h2-10,13H,11-12H2,1H3,(H,20,22)(H,21,23). The largest absolute Gasteiger partial charge is 0.354 e. The summed E-state index contributed by atoms with van der Waals surface area (Å²) in [6, 6.07) is 15.0. The third kappa shape index (κ3) is 5.21. The molecule has 23 heavy (non-hydrogen) atoms. The first-order valence-corrected chi connectivity index (χ1v) is 7.41. The summed E-state index contributed by atoms with van der Waals surface area (Å²) in [7, 11) is 0. The first-order chi connectivity index (χ1) is 11.1. The molecule has 0 radical (unpaired) electrons. The maximum absolute atomic E-state index is 12.8. The highest BCUT2D eigenvalue weighted by molar-refractivity contribution is 5.96. The lowest BCUT2D eigenvalue weighted by Crippen LogP contribution is -2.38. The third-order valence-electron chi connectivity index (χ3n) is 3.49. The summed E-state index contributed by atoms with van der Waals surface area (Å²) in [4.78, 5) is 23.6. The number of carbonyl (C=O) groups excluding carboxylic acids is 2. The van der Waals surface area contributed by atoms with Crippen LogP contribution in [0.2, 0.25) is 0 Å². The van der Waals surface area contributed by atoms with Crippen molar-refractivity contribution in [3.05, 3.63) is 71.5 Å². The number of nitrogens with one attached hydrogen (secondary N) is 2. The molecule has 2 amide bonds. The number of hydrogen-bond acceptors (Lipinski definition) is 2. The van der Waals surface area contributed by atoms with Crippen LogP contribution in [0.15, 0.2) is 54.6 Å². The van der Waals surface area contributed by atoms with E-state index in [0.29, 0.717) is 12.1 Å². The van der Waals surface area contributed by atoms with Crippen LogP contribution in [0.5, 0.6) is 0 Å². The molecule has 2 aromatic carbocycles. The Morgan fingerprint density at radius 3 is 2.30 bits per heavy atom. The van der Waals surface area contributed by atoms with Crippen LogP contribution in [0.25, 0.3) is 0 Å². The topological polar surface area (TPSA) is 58.2 Å². The van der Waals surface area contributed by atoms with Crippen molar-refractivity contribution in [2.24, 2.45) is 0 Å². The smallest absolute Gasteiger partial charge is 0.251 e. The second kappa shape index (κ2) is 8.08. The molecule has 1 unspecified atom stereocenters. The Bertz CT molecular complexity index is 656. The van der Waals surface area contributed by atoms with E-state index in [-0.39, 0.29) is 18.4 Å². The van der Waals surface area contributed by atoms with Crippen molar-refractivity contribution in [3.8, 4) is 0 Å². The van der Waals surface area contributed by atoms with Crippen molar-refractivity contribution in [2.75, 3.05) is 13.1 Å². The Balaban J connectivity index is 1.75. The van der Waals surface area contributed by atoms with Crippen LogP contribution in [0.1, 0.15) is 28.8 Å². The second-order valence-electron chi connectivity index (χ2n) is 5.31. The predicted molar refractivity (Wildman–Crippen MR) is 86.6 cm³/mol. The summed E-state index contributed by atoms with van der Waals surface area (Å²) >= 11 is 0. The average molecular weight is 314 g/mol. The van der Waals surface area contributed by atoms with Gasteiger partial charge >= 0.3 is 0 Å². The molecule has 0 aliphatic rings. The van der Waals surface area contributed by atoms with Crippen LogP contribution in [-0.4, -0.2) is 24.9 Å². The predicted octanol–water partition coefficient (Wildman–Crippen LogP) is 2.48. The van der Waals surface area contributed by atoms with E-state index in [2.05, 4.69) is 10.6 Å². The van der Waals surface area contributed by atoms with Gasteiger partial charge in [-0.1, -0.05) is 37.3 Å². The Hall–Kier alpha value is -2.69. The Labute approximate surface area is 134 Å². The maximum Gasteiger partial charge on any atom is 0.251 e. The van der Waals surface area contributed by atoms with Crippen molar-refractivity contribution in [1.29, 1.82) is 0 Å². The summed E-state index contributed by atoms with van der Waals surface area (Å²) in [5.74, 6) is -0.887. The van der Waals surface area contributed by atoms with Crippen LogP contribution in [0, 0.1) is 5.82 Å². The molecule has 5 heteroatoms. The van der Waals surface area contributed by atoms with E-state index in [9.17, 15) is 14.0 Å². The molecule has 0 heterocycles. The van der Waals surface area contributed by atoms with Gasteiger partial charge in [0, 0.05) is 12.1 Å². The highest BCUT2D eigenvalue weighted by Crippen LogP contribution is 2.12. The molecule has 0 spiro atoms. The molecule has 0 aromatic heterocycles. The molecular formula is C18H19FN2O2.